The van der Waals surface area contributed by atoms with Crippen molar-refractivity contribution in [3.63, 3.8) is 0 Å². The van der Waals surface area contributed by atoms with Gasteiger partial charge in [-0.25, -0.2) is 13.9 Å². The molecule has 0 fully saturated rings. The summed E-state index contributed by atoms with van der Waals surface area (Å²) in [6.45, 7) is 3.81. The van der Waals surface area contributed by atoms with Gasteiger partial charge in [0, 0.05) is 17.1 Å². The Bertz CT molecular complexity index is 807. The minimum Gasteiger partial charge on any atom is -0.289 e. The summed E-state index contributed by atoms with van der Waals surface area (Å²) in [7, 11) is -3.37. The SMILES string of the molecule is CC(CC(=O)NO)c1ccc(Br)cc1S(C)(=O)=O.Cc1ccccc1. The van der Waals surface area contributed by atoms with Crippen LogP contribution in [0.15, 0.2) is 57.9 Å². The first kappa shape index (κ1) is 21.3. The maximum absolute atomic E-state index is 11.7. The molecule has 0 aliphatic heterocycles. The van der Waals surface area contributed by atoms with Crippen LogP contribution in [-0.2, 0) is 14.6 Å². The zero-order valence-electron chi connectivity index (χ0n) is 14.4. The largest absolute Gasteiger partial charge is 0.289 e. The highest BCUT2D eigenvalue weighted by Gasteiger charge is 2.20. The summed E-state index contributed by atoms with van der Waals surface area (Å²) in [4.78, 5) is 11.3. The number of aryl methyl sites for hydroxylation is 1. The third kappa shape index (κ3) is 7.37. The smallest absolute Gasteiger partial charge is 0.243 e. The minimum absolute atomic E-state index is 0.0145. The average molecular weight is 428 g/mol. The van der Waals surface area contributed by atoms with E-state index in [1.807, 2.05) is 18.2 Å². The molecule has 1 amide bonds. The van der Waals surface area contributed by atoms with Gasteiger partial charge in [0.2, 0.25) is 5.91 Å². The van der Waals surface area contributed by atoms with E-state index in [0.717, 1.165) is 6.26 Å². The van der Waals surface area contributed by atoms with E-state index in [4.69, 9.17) is 5.21 Å². The summed E-state index contributed by atoms with van der Waals surface area (Å²) in [6.07, 6.45) is 1.14. The lowest BCUT2D eigenvalue weighted by Crippen LogP contribution is -2.21. The molecule has 2 aromatic carbocycles. The third-order valence-electron chi connectivity index (χ3n) is 3.46. The van der Waals surface area contributed by atoms with E-state index >= 15 is 0 Å². The van der Waals surface area contributed by atoms with E-state index in [0.29, 0.717) is 10.0 Å². The Hall–Kier alpha value is -1.70. The van der Waals surface area contributed by atoms with Gasteiger partial charge >= 0.3 is 0 Å². The lowest BCUT2D eigenvalue weighted by molar-refractivity contribution is -0.129. The highest BCUT2D eigenvalue weighted by molar-refractivity contribution is 9.10. The van der Waals surface area contributed by atoms with E-state index in [2.05, 4.69) is 35.0 Å². The molecule has 0 saturated heterocycles. The van der Waals surface area contributed by atoms with E-state index in [1.165, 1.54) is 17.1 Å². The van der Waals surface area contributed by atoms with Crippen molar-refractivity contribution < 1.29 is 18.4 Å². The Morgan fingerprint density at radius 2 is 1.80 bits per heavy atom. The zero-order valence-corrected chi connectivity index (χ0v) is 16.8. The number of nitrogens with one attached hydrogen (secondary N) is 1. The van der Waals surface area contributed by atoms with Crippen LogP contribution in [0, 0.1) is 6.92 Å². The number of hydroxylamine groups is 1. The Kier molecular flexibility index (Phi) is 8.28. The van der Waals surface area contributed by atoms with E-state index < -0.39 is 15.7 Å². The molecule has 25 heavy (non-hydrogen) atoms. The van der Waals surface area contributed by atoms with Crippen molar-refractivity contribution in [3.05, 3.63) is 64.1 Å². The van der Waals surface area contributed by atoms with Crippen LogP contribution in [0.1, 0.15) is 30.4 Å². The molecule has 7 heteroatoms. The van der Waals surface area contributed by atoms with E-state index in [-0.39, 0.29) is 17.2 Å². The van der Waals surface area contributed by atoms with E-state index in [1.54, 1.807) is 19.1 Å². The zero-order chi connectivity index (χ0) is 19.0. The van der Waals surface area contributed by atoms with Gasteiger partial charge in [0.15, 0.2) is 9.84 Å². The van der Waals surface area contributed by atoms with Gasteiger partial charge in [-0.1, -0.05) is 64.8 Å². The van der Waals surface area contributed by atoms with Crippen LogP contribution in [0.2, 0.25) is 0 Å². The molecular weight excluding hydrogens is 406 g/mol. The van der Waals surface area contributed by atoms with Crippen molar-refractivity contribution >= 4 is 31.7 Å². The quantitative estimate of drug-likeness (QED) is 0.573. The normalized spacial score (nSPS) is 11.9. The number of halogens is 1. The Morgan fingerprint density at radius 1 is 1.20 bits per heavy atom. The number of hydrogen-bond acceptors (Lipinski definition) is 4. The summed E-state index contributed by atoms with van der Waals surface area (Å²) in [6, 6.07) is 15.2. The molecule has 136 valence electrons. The Morgan fingerprint density at radius 3 is 2.24 bits per heavy atom. The molecule has 2 rings (SSSR count). The van der Waals surface area contributed by atoms with Crippen molar-refractivity contribution in [1.82, 2.24) is 5.48 Å². The number of amides is 1. The summed E-state index contributed by atoms with van der Waals surface area (Å²) >= 11 is 3.22. The molecule has 1 atom stereocenters. The summed E-state index contributed by atoms with van der Waals surface area (Å²) < 4.78 is 24.0. The molecule has 0 heterocycles. The molecule has 0 saturated carbocycles. The van der Waals surface area contributed by atoms with Gasteiger partial charge in [-0.05, 0) is 30.5 Å². The molecule has 0 bridgehead atoms. The fourth-order valence-electron chi connectivity index (χ4n) is 2.20. The molecule has 0 aliphatic rings. The minimum atomic E-state index is -3.37. The Balaban J connectivity index is 0.000000370. The second kappa shape index (κ2) is 9.70. The first-order chi connectivity index (χ1) is 11.6. The number of carbonyl (C=O) groups is 1. The maximum atomic E-state index is 11.7. The number of benzene rings is 2. The van der Waals surface area contributed by atoms with Gasteiger partial charge in [0.25, 0.3) is 0 Å². The van der Waals surface area contributed by atoms with Crippen LogP contribution in [0.5, 0.6) is 0 Å². The lowest BCUT2D eigenvalue weighted by Gasteiger charge is -2.15. The second-order valence-corrected chi connectivity index (χ2v) is 8.65. The molecule has 0 aromatic heterocycles. The fourth-order valence-corrected chi connectivity index (χ4v) is 3.76. The molecule has 2 N–H and O–H groups in total. The molecule has 2 aromatic rings. The lowest BCUT2D eigenvalue weighted by atomic mass is 9.97. The van der Waals surface area contributed by atoms with E-state index in [9.17, 15) is 13.2 Å². The monoisotopic (exact) mass is 427 g/mol. The summed E-state index contributed by atoms with van der Waals surface area (Å²) in [5.74, 6) is -0.861. The van der Waals surface area contributed by atoms with Crippen LogP contribution in [0.4, 0.5) is 0 Å². The number of hydrogen-bond donors (Lipinski definition) is 2. The van der Waals surface area contributed by atoms with Crippen molar-refractivity contribution in [3.8, 4) is 0 Å². The summed E-state index contributed by atoms with van der Waals surface area (Å²) in [5, 5.41) is 8.48. The predicted octanol–water partition coefficient (Wildman–Crippen LogP) is 3.85. The van der Waals surface area contributed by atoms with Crippen molar-refractivity contribution in [2.24, 2.45) is 0 Å². The average Bonchev–Trinajstić information content (AvgIpc) is 2.55. The molecule has 5 nitrogen and oxygen atoms in total. The van der Waals surface area contributed by atoms with Crippen molar-refractivity contribution in [2.75, 3.05) is 6.26 Å². The van der Waals surface area contributed by atoms with Crippen molar-refractivity contribution in [1.29, 1.82) is 0 Å². The van der Waals surface area contributed by atoms with Crippen LogP contribution in [0.25, 0.3) is 0 Å². The highest BCUT2D eigenvalue weighted by atomic mass is 79.9. The highest BCUT2D eigenvalue weighted by Crippen LogP contribution is 2.29. The molecule has 1 unspecified atom stereocenters. The van der Waals surface area contributed by atoms with Gasteiger partial charge < -0.3 is 0 Å². The second-order valence-electron chi connectivity index (χ2n) is 5.75. The Labute approximate surface area is 157 Å². The first-order valence-electron chi connectivity index (χ1n) is 7.59. The maximum Gasteiger partial charge on any atom is 0.243 e. The van der Waals surface area contributed by atoms with Crippen LogP contribution < -0.4 is 5.48 Å². The van der Waals surface area contributed by atoms with Crippen LogP contribution >= 0.6 is 15.9 Å². The number of rotatable bonds is 4. The third-order valence-corrected chi connectivity index (χ3v) is 5.11. The van der Waals surface area contributed by atoms with Gasteiger partial charge in [-0.3, -0.25) is 10.0 Å². The molecule has 0 spiro atoms. The standard InChI is InChI=1S/C11H14BrNO4S.C7H8/c1-7(5-11(14)13-15)9-4-3-8(12)6-10(9)18(2,16)17;1-7-5-3-2-4-6-7/h3-4,6-7,15H,5H2,1-2H3,(H,13,14);2-6H,1H3. The fraction of sp³-hybridized carbons (Fsp3) is 0.278. The predicted molar refractivity (Wildman–Crippen MR) is 101 cm³/mol. The molecule has 0 aliphatic carbocycles. The van der Waals surface area contributed by atoms with Gasteiger partial charge in [0.1, 0.15) is 0 Å². The van der Waals surface area contributed by atoms with Crippen LogP contribution in [0.3, 0.4) is 0 Å². The van der Waals surface area contributed by atoms with Crippen molar-refractivity contribution in [2.45, 2.75) is 31.1 Å². The number of carbonyl (C=O) groups excluding carboxylic acids is 1. The molecular formula is C18H22BrNO4S. The van der Waals surface area contributed by atoms with Crippen LogP contribution in [-0.4, -0.2) is 25.8 Å². The topological polar surface area (TPSA) is 83.5 Å². The van der Waals surface area contributed by atoms with Gasteiger partial charge in [-0.15, -0.1) is 0 Å². The summed E-state index contributed by atoms with van der Waals surface area (Å²) in [5.41, 5.74) is 3.42. The number of sulfone groups is 1. The van der Waals surface area contributed by atoms with Gasteiger partial charge in [-0.2, -0.15) is 0 Å². The molecule has 0 radical (unpaired) electrons. The first-order valence-corrected chi connectivity index (χ1v) is 10.3. The van der Waals surface area contributed by atoms with Gasteiger partial charge in [0.05, 0.1) is 4.90 Å².